The highest BCUT2D eigenvalue weighted by Crippen LogP contribution is 2.39. The van der Waals surface area contributed by atoms with Crippen molar-refractivity contribution in [3.05, 3.63) is 98.9 Å². The number of anilines is 1. The summed E-state index contributed by atoms with van der Waals surface area (Å²) in [5.41, 5.74) is 0.860. The maximum Gasteiger partial charge on any atom is 0.416 e. The maximum absolute atomic E-state index is 13.1. The second-order valence-corrected chi connectivity index (χ2v) is 9.61. The number of benzene rings is 3. The van der Waals surface area contributed by atoms with Gasteiger partial charge >= 0.3 is 6.18 Å². The zero-order valence-electron chi connectivity index (χ0n) is 16.8. The summed E-state index contributed by atoms with van der Waals surface area (Å²) >= 11 is 9.76. The Kier molecular flexibility index (Phi) is 6.92. The second-order valence-electron chi connectivity index (χ2n) is 7.02. The van der Waals surface area contributed by atoms with Crippen molar-refractivity contribution >= 4 is 61.9 Å². The number of thioether (sulfide) groups is 1. The van der Waals surface area contributed by atoms with Crippen LogP contribution in [0.5, 0.6) is 5.75 Å². The maximum atomic E-state index is 13.1. The van der Waals surface area contributed by atoms with E-state index < -0.39 is 17.6 Å². The molecular formula is C24H15BrF3NO2S2. The number of thiocarbonyl (C=S) groups is 1. The number of carbonyl (C=O) groups is 1. The van der Waals surface area contributed by atoms with E-state index in [0.717, 1.165) is 38.8 Å². The van der Waals surface area contributed by atoms with Gasteiger partial charge in [-0.3, -0.25) is 9.69 Å². The van der Waals surface area contributed by atoms with Crippen molar-refractivity contribution in [2.75, 3.05) is 4.90 Å². The minimum absolute atomic E-state index is 0.0746. The molecule has 33 heavy (non-hydrogen) atoms. The molecule has 0 aliphatic carbocycles. The lowest BCUT2D eigenvalue weighted by Crippen LogP contribution is -2.27. The number of hydrogen-bond acceptors (Lipinski definition) is 4. The van der Waals surface area contributed by atoms with Crippen molar-refractivity contribution < 1.29 is 22.7 Å². The average Bonchev–Trinajstić information content (AvgIpc) is 3.06. The molecule has 0 atom stereocenters. The molecule has 0 saturated carbocycles. The Balaban J connectivity index is 1.62. The molecule has 9 heteroatoms. The number of halogens is 4. The van der Waals surface area contributed by atoms with Crippen LogP contribution in [0.15, 0.2) is 82.2 Å². The highest BCUT2D eigenvalue weighted by molar-refractivity contribution is 9.10. The zero-order chi connectivity index (χ0) is 23.6. The number of alkyl halides is 3. The molecule has 1 saturated heterocycles. The smallest absolute Gasteiger partial charge is 0.416 e. The summed E-state index contributed by atoms with van der Waals surface area (Å²) in [4.78, 5) is 14.5. The van der Waals surface area contributed by atoms with E-state index in [1.165, 1.54) is 12.1 Å². The normalized spacial score (nSPS) is 15.4. The van der Waals surface area contributed by atoms with E-state index >= 15 is 0 Å². The summed E-state index contributed by atoms with van der Waals surface area (Å²) < 4.78 is 46.3. The van der Waals surface area contributed by atoms with Gasteiger partial charge in [-0.2, -0.15) is 13.2 Å². The van der Waals surface area contributed by atoms with Gasteiger partial charge in [0.05, 0.1) is 16.2 Å². The van der Waals surface area contributed by atoms with Crippen LogP contribution in [-0.4, -0.2) is 10.2 Å². The van der Waals surface area contributed by atoms with Gasteiger partial charge in [0, 0.05) is 10.0 Å². The molecule has 1 amide bonds. The largest absolute Gasteiger partial charge is 0.488 e. The first kappa shape index (κ1) is 23.5. The van der Waals surface area contributed by atoms with Crippen LogP contribution in [0.4, 0.5) is 18.9 Å². The van der Waals surface area contributed by atoms with E-state index in [1.54, 1.807) is 18.2 Å². The van der Waals surface area contributed by atoms with E-state index in [9.17, 15) is 18.0 Å². The second kappa shape index (κ2) is 9.70. The van der Waals surface area contributed by atoms with Crippen LogP contribution in [0.1, 0.15) is 16.7 Å². The number of rotatable bonds is 5. The molecule has 0 N–H and O–H groups in total. The number of hydrogen-bond donors (Lipinski definition) is 0. The van der Waals surface area contributed by atoms with E-state index in [-0.39, 0.29) is 10.0 Å². The number of ether oxygens (including phenoxy) is 1. The van der Waals surface area contributed by atoms with E-state index in [4.69, 9.17) is 17.0 Å². The van der Waals surface area contributed by atoms with Crippen molar-refractivity contribution in [2.45, 2.75) is 12.8 Å². The van der Waals surface area contributed by atoms with Crippen LogP contribution in [0.3, 0.4) is 0 Å². The van der Waals surface area contributed by atoms with Crippen LogP contribution in [0.2, 0.25) is 0 Å². The minimum Gasteiger partial charge on any atom is -0.488 e. The molecular weight excluding hydrogens is 535 g/mol. The van der Waals surface area contributed by atoms with Gasteiger partial charge < -0.3 is 4.74 Å². The Morgan fingerprint density at radius 2 is 1.79 bits per heavy atom. The molecule has 1 heterocycles. The van der Waals surface area contributed by atoms with Gasteiger partial charge in [0.15, 0.2) is 4.32 Å². The summed E-state index contributed by atoms with van der Waals surface area (Å²) in [6.07, 6.45) is -2.88. The van der Waals surface area contributed by atoms with Crippen LogP contribution in [0.25, 0.3) is 6.08 Å². The van der Waals surface area contributed by atoms with Crippen molar-refractivity contribution in [3.63, 3.8) is 0 Å². The van der Waals surface area contributed by atoms with Crippen molar-refractivity contribution in [1.82, 2.24) is 0 Å². The van der Waals surface area contributed by atoms with Gasteiger partial charge in [0.2, 0.25) is 0 Å². The highest BCUT2D eigenvalue weighted by atomic mass is 79.9. The fourth-order valence-electron chi connectivity index (χ4n) is 3.15. The third-order valence-corrected chi connectivity index (χ3v) is 6.52. The quantitative estimate of drug-likeness (QED) is 0.244. The molecule has 0 unspecified atom stereocenters. The third-order valence-electron chi connectivity index (χ3n) is 4.72. The topological polar surface area (TPSA) is 29.5 Å². The Hall–Kier alpha value is -2.62. The summed E-state index contributed by atoms with van der Waals surface area (Å²) in [7, 11) is 0. The Bertz CT molecular complexity index is 1250. The molecule has 4 rings (SSSR count). The van der Waals surface area contributed by atoms with Gasteiger partial charge in [0.25, 0.3) is 5.91 Å². The molecule has 1 aliphatic rings. The van der Waals surface area contributed by atoms with E-state index in [2.05, 4.69) is 15.9 Å². The van der Waals surface area contributed by atoms with E-state index in [0.29, 0.717) is 22.8 Å². The predicted octanol–water partition coefficient (Wildman–Crippen LogP) is 7.45. The summed E-state index contributed by atoms with van der Waals surface area (Å²) in [6, 6.07) is 19.6. The number of carbonyl (C=O) groups excluding carboxylic acids is 1. The molecule has 3 aromatic carbocycles. The lowest BCUT2D eigenvalue weighted by molar-refractivity contribution is -0.137. The van der Waals surface area contributed by atoms with Gasteiger partial charge in [-0.25, -0.2) is 0 Å². The monoisotopic (exact) mass is 549 g/mol. The standard InChI is InChI=1S/C24H15BrF3NO2S2/c25-18-9-10-20(31-14-15-5-2-1-3-6-15)16(11-18)12-21-22(30)29(23(32)33-21)19-8-4-7-17(13-19)24(26,27)28/h1-13H,14H2/b21-12-. The highest BCUT2D eigenvalue weighted by Gasteiger charge is 2.36. The summed E-state index contributed by atoms with van der Waals surface area (Å²) in [6.45, 7) is 0.342. The molecule has 0 radical (unpaired) electrons. The van der Waals surface area contributed by atoms with Crippen LogP contribution < -0.4 is 9.64 Å². The predicted molar refractivity (Wildman–Crippen MR) is 132 cm³/mol. The molecule has 3 nitrogen and oxygen atoms in total. The lowest BCUT2D eigenvalue weighted by atomic mass is 10.1. The van der Waals surface area contributed by atoms with Crippen molar-refractivity contribution in [2.24, 2.45) is 0 Å². The lowest BCUT2D eigenvalue weighted by Gasteiger charge is -2.16. The Labute approximate surface area is 206 Å². The van der Waals surface area contributed by atoms with Crippen molar-refractivity contribution in [1.29, 1.82) is 0 Å². The number of nitrogens with zero attached hydrogens (tertiary/aromatic N) is 1. The van der Waals surface area contributed by atoms with Crippen LogP contribution in [-0.2, 0) is 17.6 Å². The molecule has 1 fully saturated rings. The van der Waals surface area contributed by atoms with Crippen LogP contribution in [0, 0.1) is 0 Å². The van der Waals surface area contributed by atoms with Gasteiger partial charge in [-0.05, 0) is 48.0 Å². The van der Waals surface area contributed by atoms with Gasteiger partial charge in [-0.15, -0.1) is 0 Å². The first-order valence-electron chi connectivity index (χ1n) is 9.64. The molecule has 168 valence electrons. The van der Waals surface area contributed by atoms with Crippen LogP contribution >= 0.6 is 39.9 Å². The zero-order valence-corrected chi connectivity index (χ0v) is 20.0. The third kappa shape index (κ3) is 5.48. The molecule has 1 aliphatic heterocycles. The number of amides is 1. The summed E-state index contributed by atoms with van der Waals surface area (Å²) in [5.74, 6) is 0.0738. The molecule has 0 spiro atoms. The van der Waals surface area contributed by atoms with E-state index in [1.807, 2.05) is 36.4 Å². The molecule has 0 aromatic heterocycles. The molecule has 3 aromatic rings. The Morgan fingerprint density at radius 1 is 1.03 bits per heavy atom. The fourth-order valence-corrected chi connectivity index (χ4v) is 4.82. The van der Waals surface area contributed by atoms with Crippen molar-refractivity contribution in [3.8, 4) is 5.75 Å². The van der Waals surface area contributed by atoms with Gasteiger partial charge in [0.1, 0.15) is 12.4 Å². The fraction of sp³-hybridized carbons (Fsp3) is 0.0833. The molecule has 0 bridgehead atoms. The van der Waals surface area contributed by atoms with Gasteiger partial charge in [-0.1, -0.05) is 76.3 Å². The average molecular weight is 550 g/mol. The SMILES string of the molecule is O=C1/C(=C/c2cc(Br)ccc2OCc2ccccc2)SC(=S)N1c1cccc(C(F)(F)F)c1. The first-order chi connectivity index (χ1) is 15.7. The minimum atomic E-state index is -4.52. The first-order valence-corrected chi connectivity index (χ1v) is 11.7. The Morgan fingerprint density at radius 3 is 2.52 bits per heavy atom. The summed E-state index contributed by atoms with van der Waals surface area (Å²) in [5, 5.41) is 0.